The molecule has 2 atom stereocenters. The number of guanidine groups is 1. The molecule has 1 aromatic carbocycles. The third-order valence-electron chi connectivity index (χ3n) is 4.61. The minimum atomic E-state index is -0.778. The normalized spacial score (nSPS) is 12.4. The van der Waals surface area contributed by atoms with Crippen LogP contribution in [0, 0.1) is 0 Å². The predicted molar refractivity (Wildman–Crippen MR) is 118 cm³/mol. The van der Waals surface area contributed by atoms with Gasteiger partial charge >= 0.3 is 0 Å². The first kappa shape index (κ1) is 24.9. The van der Waals surface area contributed by atoms with Crippen LogP contribution in [0.25, 0.3) is 0 Å². The zero-order valence-corrected chi connectivity index (χ0v) is 18.1. The van der Waals surface area contributed by atoms with Crippen molar-refractivity contribution in [2.24, 2.45) is 16.5 Å². The molecule has 0 aromatic heterocycles. The molecule has 30 heavy (non-hydrogen) atoms. The van der Waals surface area contributed by atoms with E-state index < -0.39 is 18.0 Å². The summed E-state index contributed by atoms with van der Waals surface area (Å²) in [5, 5.41) is 5.49. The molecule has 0 aliphatic heterocycles. The summed E-state index contributed by atoms with van der Waals surface area (Å²) < 4.78 is 0. The van der Waals surface area contributed by atoms with Crippen molar-refractivity contribution in [1.82, 2.24) is 15.5 Å². The summed E-state index contributed by atoms with van der Waals surface area (Å²) in [7, 11) is 0. The van der Waals surface area contributed by atoms with Gasteiger partial charge in [-0.2, -0.15) is 0 Å². The Bertz CT molecular complexity index is 715. The van der Waals surface area contributed by atoms with E-state index in [1.807, 2.05) is 44.2 Å². The van der Waals surface area contributed by atoms with Gasteiger partial charge in [-0.25, -0.2) is 0 Å². The second-order valence-electron chi connectivity index (χ2n) is 6.96. The van der Waals surface area contributed by atoms with Crippen LogP contribution in [-0.4, -0.2) is 60.3 Å². The number of amides is 3. The third-order valence-corrected chi connectivity index (χ3v) is 4.61. The van der Waals surface area contributed by atoms with Gasteiger partial charge in [0.15, 0.2) is 5.96 Å². The lowest BCUT2D eigenvalue weighted by Crippen LogP contribution is -2.55. The van der Waals surface area contributed by atoms with E-state index in [0.29, 0.717) is 38.9 Å². The third kappa shape index (κ3) is 8.93. The van der Waals surface area contributed by atoms with Crippen LogP contribution in [-0.2, 0) is 20.8 Å². The number of rotatable bonds is 12. The fourth-order valence-corrected chi connectivity index (χ4v) is 3.10. The largest absolute Gasteiger partial charge is 0.370 e. The molecular formula is C21H34N6O3. The number of nitrogens with zero attached hydrogens (tertiary/aromatic N) is 2. The lowest BCUT2D eigenvalue weighted by atomic mass is 10.0. The number of benzene rings is 1. The Morgan fingerprint density at radius 2 is 1.67 bits per heavy atom. The van der Waals surface area contributed by atoms with Gasteiger partial charge in [0.05, 0.1) is 0 Å². The maximum absolute atomic E-state index is 13.0. The number of carbonyl (C=O) groups excluding carboxylic acids is 3. The van der Waals surface area contributed by atoms with Crippen molar-refractivity contribution >= 4 is 23.7 Å². The highest BCUT2D eigenvalue weighted by atomic mass is 16.2. The molecule has 9 heteroatoms. The summed E-state index contributed by atoms with van der Waals surface area (Å²) in [6.07, 6.45) is 1.21. The van der Waals surface area contributed by atoms with E-state index in [4.69, 9.17) is 11.5 Å². The molecule has 3 amide bonds. The first-order chi connectivity index (χ1) is 14.3. The van der Waals surface area contributed by atoms with Crippen LogP contribution in [0.3, 0.4) is 0 Å². The van der Waals surface area contributed by atoms with Crippen LogP contribution in [0.2, 0.25) is 0 Å². The maximum atomic E-state index is 13.0. The van der Waals surface area contributed by atoms with Gasteiger partial charge in [-0.3, -0.25) is 19.4 Å². The van der Waals surface area contributed by atoms with Gasteiger partial charge in [0.1, 0.15) is 12.1 Å². The molecule has 0 spiro atoms. The van der Waals surface area contributed by atoms with Crippen LogP contribution < -0.4 is 22.1 Å². The fraction of sp³-hybridized carbons (Fsp3) is 0.524. The van der Waals surface area contributed by atoms with Gasteiger partial charge in [-0.15, -0.1) is 0 Å². The van der Waals surface area contributed by atoms with Crippen molar-refractivity contribution in [2.75, 3.05) is 19.6 Å². The molecule has 0 unspecified atom stereocenters. The standard InChI is InChI=1S/C21H34N6O3/c1-4-27(5-2)20(30)18(14-16-10-7-6-8-11-16)26-19(29)17(25-15(3)28)12-9-13-24-21(22)23/h6-8,10-11,17-18H,4-5,9,12-14H2,1-3H3,(H,25,28)(H,26,29)(H4,22,23,24)/t17-,18-/m0/s1. The Labute approximate surface area is 178 Å². The van der Waals surface area contributed by atoms with Crippen LogP contribution in [0.5, 0.6) is 0 Å². The molecule has 166 valence electrons. The molecule has 0 saturated carbocycles. The first-order valence-corrected chi connectivity index (χ1v) is 10.2. The van der Waals surface area contributed by atoms with Crippen LogP contribution in [0.15, 0.2) is 35.3 Å². The zero-order chi connectivity index (χ0) is 22.5. The van der Waals surface area contributed by atoms with Gasteiger partial charge in [-0.1, -0.05) is 30.3 Å². The SMILES string of the molecule is CCN(CC)C(=O)[C@H](Cc1ccccc1)NC(=O)[C@H](CCCN=C(N)N)NC(C)=O. The number of likely N-dealkylation sites (N-methyl/N-ethyl adjacent to an activating group) is 1. The monoisotopic (exact) mass is 418 g/mol. The quantitative estimate of drug-likeness (QED) is 0.217. The van der Waals surface area contributed by atoms with E-state index in [-0.39, 0.29) is 17.8 Å². The van der Waals surface area contributed by atoms with Crippen LogP contribution in [0.1, 0.15) is 39.2 Å². The summed E-state index contributed by atoms with van der Waals surface area (Å²) in [5.74, 6) is -0.912. The van der Waals surface area contributed by atoms with Gasteiger partial charge in [0.25, 0.3) is 0 Å². The topological polar surface area (TPSA) is 143 Å². The Morgan fingerprint density at radius 3 is 2.20 bits per heavy atom. The Kier molecular flexibility index (Phi) is 11.0. The highest BCUT2D eigenvalue weighted by Crippen LogP contribution is 2.08. The van der Waals surface area contributed by atoms with Gasteiger partial charge in [0.2, 0.25) is 17.7 Å². The molecule has 0 radical (unpaired) electrons. The smallest absolute Gasteiger partial charge is 0.245 e. The van der Waals surface area contributed by atoms with E-state index in [1.54, 1.807) is 4.90 Å². The van der Waals surface area contributed by atoms with Crippen molar-refractivity contribution < 1.29 is 14.4 Å². The Hall–Kier alpha value is -3.10. The lowest BCUT2D eigenvalue weighted by molar-refractivity contribution is -0.137. The predicted octanol–water partition coefficient (Wildman–Crippen LogP) is 0.141. The Morgan fingerprint density at radius 1 is 1.03 bits per heavy atom. The highest BCUT2D eigenvalue weighted by Gasteiger charge is 2.28. The lowest BCUT2D eigenvalue weighted by Gasteiger charge is -2.27. The van der Waals surface area contributed by atoms with Crippen molar-refractivity contribution in [2.45, 2.75) is 52.1 Å². The summed E-state index contributed by atoms with van der Waals surface area (Å²) in [6.45, 7) is 6.57. The molecule has 1 aromatic rings. The molecule has 0 aliphatic rings. The second-order valence-corrected chi connectivity index (χ2v) is 6.96. The minimum Gasteiger partial charge on any atom is -0.370 e. The summed E-state index contributed by atoms with van der Waals surface area (Å²) in [6, 6.07) is 7.99. The van der Waals surface area contributed by atoms with Gasteiger partial charge < -0.3 is 27.0 Å². The minimum absolute atomic E-state index is 0.0247. The molecule has 0 heterocycles. The average molecular weight is 419 g/mol. The summed E-state index contributed by atoms with van der Waals surface area (Å²) in [5.41, 5.74) is 11.6. The van der Waals surface area contributed by atoms with Crippen LogP contribution in [0.4, 0.5) is 0 Å². The Balaban J connectivity index is 2.95. The van der Waals surface area contributed by atoms with E-state index >= 15 is 0 Å². The van der Waals surface area contributed by atoms with Crippen molar-refractivity contribution in [3.05, 3.63) is 35.9 Å². The summed E-state index contributed by atoms with van der Waals surface area (Å²) >= 11 is 0. The van der Waals surface area contributed by atoms with E-state index in [1.165, 1.54) is 6.92 Å². The zero-order valence-electron chi connectivity index (χ0n) is 18.1. The van der Waals surface area contributed by atoms with Crippen molar-refractivity contribution in [1.29, 1.82) is 0 Å². The molecule has 0 bridgehead atoms. The average Bonchev–Trinajstić information content (AvgIpc) is 2.70. The number of aliphatic imine (C=N–C) groups is 1. The number of hydrogen-bond acceptors (Lipinski definition) is 4. The number of carbonyl (C=O) groups is 3. The fourth-order valence-electron chi connectivity index (χ4n) is 3.10. The van der Waals surface area contributed by atoms with E-state index in [2.05, 4.69) is 15.6 Å². The van der Waals surface area contributed by atoms with E-state index in [0.717, 1.165) is 5.56 Å². The molecule has 0 fully saturated rings. The van der Waals surface area contributed by atoms with Crippen molar-refractivity contribution in [3.8, 4) is 0 Å². The molecule has 1 rings (SSSR count). The van der Waals surface area contributed by atoms with Crippen molar-refractivity contribution in [3.63, 3.8) is 0 Å². The molecule has 0 saturated heterocycles. The maximum Gasteiger partial charge on any atom is 0.245 e. The molecule has 9 nitrogen and oxygen atoms in total. The second kappa shape index (κ2) is 13.2. The molecule has 0 aliphatic carbocycles. The summed E-state index contributed by atoms with van der Waals surface area (Å²) in [4.78, 5) is 43.1. The van der Waals surface area contributed by atoms with Gasteiger partial charge in [-0.05, 0) is 32.3 Å². The highest BCUT2D eigenvalue weighted by molar-refractivity contribution is 5.92. The number of nitrogens with one attached hydrogen (secondary N) is 2. The van der Waals surface area contributed by atoms with E-state index in [9.17, 15) is 14.4 Å². The number of hydrogen-bond donors (Lipinski definition) is 4. The first-order valence-electron chi connectivity index (χ1n) is 10.2. The molecule has 6 N–H and O–H groups in total. The van der Waals surface area contributed by atoms with Crippen LogP contribution >= 0.6 is 0 Å². The number of nitrogens with two attached hydrogens (primary N) is 2. The molecular weight excluding hydrogens is 384 g/mol. The van der Waals surface area contributed by atoms with Gasteiger partial charge in [0, 0.05) is 33.0 Å².